The monoisotopic (exact) mass is 330 g/mol. The number of nitrogens with one attached hydrogen (secondary N) is 1. The quantitative estimate of drug-likeness (QED) is 0.768. The van der Waals surface area contributed by atoms with Gasteiger partial charge in [0.05, 0.1) is 18.3 Å². The second-order valence-electron chi connectivity index (χ2n) is 6.09. The SMILES string of the molecule is Cn1ccn2ncc(C(=O)N[C@@H](c3cccs3)C3CC(O)C3)c12. The Morgan fingerprint density at radius 2 is 2.30 bits per heavy atom. The molecule has 0 bridgehead atoms. The average Bonchev–Trinajstić information content (AvgIpc) is 3.21. The Bertz CT molecular complexity index is 830. The molecule has 0 aromatic carbocycles. The van der Waals surface area contributed by atoms with Crippen LogP contribution >= 0.6 is 11.3 Å². The maximum atomic E-state index is 12.8. The molecule has 3 aromatic rings. The van der Waals surface area contributed by atoms with Crippen molar-refractivity contribution in [3.8, 4) is 0 Å². The number of imidazole rings is 1. The zero-order valence-corrected chi connectivity index (χ0v) is 13.5. The van der Waals surface area contributed by atoms with E-state index in [9.17, 15) is 9.90 Å². The van der Waals surface area contributed by atoms with E-state index < -0.39 is 0 Å². The van der Waals surface area contributed by atoms with E-state index in [1.807, 2.05) is 41.5 Å². The van der Waals surface area contributed by atoms with Crippen LogP contribution in [-0.4, -0.2) is 31.3 Å². The molecule has 1 aliphatic carbocycles. The number of aliphatic hydroxyl groups is 1. The van der Waals surface area contributed by atoms with Gasteiger partial charge in [-0.3, -0.25) is 4.79 Å². The van der Waals surface area contributed by atoms with Gasteiger partial charge in [0.15, 0.2) is 0 Å². The fourth-order valence-electron chi connectivity index (χ4n) is 3.22. The summed E-state index contributed by atoms with van der Waals surface area (Å²) in [6.07, 6.45) is 6.53. The molecule has 0 radical (unpaired) electrons. The van der Waals surface area contributed by atoms with E-state index in [0.29, 0.717) is 5.56 Å². The lowest BCUT2D eigenvalue weighted by atomic mass is 9.76. The minimum absolute atomic E-state index is 0.0545. The third kappa shape index (κ3) is 2.46. The summed E-state index contributed by atoms with van der Waals surface area (Å²) in [4.78, 5) is 13.9. The summed E-state index contributed by atoms with van der Waals surface area (Å²) in [5.41, 5.74) is 1.35. The highest BCUT2D eigenvalue weighted by Crippen LogP contribution is 2.39. The zero-order chi connectivity index (χ0) is 16.0. The van der Waals surface area contributed by atoms with Crippen molar-refractivity contribution in [3.05, 3.63) is 46.5 Å². The number of rotatable bonds is 4. The Kier molecular flexibility index (Phi) is 3.46. The Hall–Kier alpha value is -2.12. The zero-order valence-electron chi connectivity index (χ0n) is 12.7. The maximum absolute atomic E-state index is 12.8. The van der Waals surface area contributed by atoms with Crippen LogP contribution in [0.1, 0.15) is 34.1 Å². The summed E-state index contributed by atoms with van der Waals surface area (Å²) in [6.45, 7) is 0. The normalized spacial score (nSPS) is 22.0. The van der Waals surface area contributed by atoms with Crippen molar-refractivity contribution in [2.45, 2.75) is 25.0 Å². The van der Waals surface area contributed by atoms with Gasteiger partial charge in [-0.25, -0.2) is 4.52 Å². The van der Waals surface area contributed by atoms with Crippen LogP contribution in [-0.2, 0) is 7.05 Å². The van der Waals surface area contributed by atoms with Crippen molar-refractivity contribution >= 4 is 22.9 Å². The number of carbonyl (C=O) groups excluding carboxylic acids is 1. The maximum Gasteiger partial charge on any atom is 0.257 e. The van der Waals surface area contributed by atoms with Crippen molar-refractivity contribution < 1.29 is 9.90 Å². The van der Waals surface area contributed by atoms with Gasteiger partial charge in [-0.05, 0) is 30.2 Å². The fraction of sp³-hybridized carbons (Fsp3) is 0.375. The molecular weight excluding hydrogens is 312 g/mol. The van der Waals surface area contributed by atoms with Crippen LogP contribution in [0.3, 0.4) is 0 Å². The van der Waals surface area contributed by atoms with E-state index in [4.69, 9.17) is 0 Å². The Morgan fingerprint density at radius 3 is 3.00 bits per heavy atom. The van der Waals surface area contributed by atoms with E-state index in [1.54, 1.807) is 22.0 Å². The van der Waals surface area contributed by atoms with Gasteiger partial charge >= 0.3 is 0 Å². The predicted molar refractivity (Wildman–Crippen MR) is 87.4 cm³/mol. The number of hydrogen-bond donors (Lipinski definition) is 2. The van der Waals surface area contributed by atoms with Crippen molar-refractivity contribution in [1.29, 1.82) is 0 Å². The molecule has 0 unspecified atom stereocenters. The van der Waals surface area contributed by atoms with Crippen LogP contribution in [0.15, 0.2) is 36.1 Å². The van der Waals surface area contributed by atoms with Gasteiger partial charge in [-0.2, -0.15) is 5.10 Å². The highest BCUT2D eigenvalue weighted by Gasteiger charge is 2.36. The molecule has 0 spiro atoms. The second-order valence-corrected chi connectivity index (χ2v) is 7.07. The van der Waals surface area contributed by atoms with Gasteiger partial charge in [0.2, 0.25) is 0 Å². The number of aromatic nitrogens is 3. The van der Waals surface area contributed by atoms with Crippen molar-refractivity contribution in [3.63, 3.8) is 0 Å². The van der Waals surface area contributed by atoms with Crippen LogP contribution < -0.4 is 5.32 Å². The second kappa shape index (κ2) is 5.50. The molecule has 6 nitrogen and oxygen atoms in total. The van der Waals surface area contributed by atoms with Crippen molar-refractivity contribution in [2.24, 2.45) is 13.0 Å². The lowest BCUT2D eigenvalue weighted by molar-refractivity contribution is 0.0241. The summed E-state index contributed by atoms with van der Waals surface area (Å²) in [6, 6.07) is 3.97. The summed E-state index contributed by atoms with van der Waals surface area (Å²) < 4.78 is 3.58. The molecule has 4 rings (SSSR count). The average molecular weight is 330 g/mol. The molecule has 3 heterocycles. The molecule has 1 amide bonds. The van der Waals surface area contributed by atoms with Gasteiger partial charge in [0.25, 0.3) is 5.91 Å². The molecule has 1 saturated carbocycles. The smallest absolute Gasteiger partial charge is 0.257 e. The third-order valence-corrected chi connectivity index (χ3v) is 5.49. The minimum Gasteiger partial charge on any atom is -0.393 e. The van der Waals surface area contributed by atoms with Gasteiger partial charge in [-0.1, -0.05) is 6.07 Å². The van der Waals surface area contributed by atoms with Gasteiger partial charge < -0.3 is 15.0 Å². The van der Waals surface area contributed by atoms with E-state index in [0.717, 1.165) is 23.4 Å². The summed E-state index contributed by atoms with van der Waals surface area (Å²) in [5.74, 6) is 0.161. The van der Waals surface area contributed by atoms with Gasteiger partial charge in [0.1, 0.15) is 11.2 Å². The largest absolute Gasteiger partial charge is 0.393 e. The molecule has 3 aromatic heterocycles. The fourth-order valence-corrected chi connectivity index (χ4v) is 4.09. The van der Waals surface area contributed by atoms with E-state index >= 15 is 0 Å². The standard InChI is InChI=1S/C16H18N4O2S/c1-19-4-5-20-16(19)12(9-17-20)15(22)18-14(10-7-11(21)8-10)13-3-2-6-23-13/h2-6,9-11,14,21H,7-8H2,1H3,(H,18,22)/t10?,11?,14-/m1/s1. The highest BCUT2D eigenvalue weighted by molar-refractivity contribution is 7.10. The number of nitrogens with zero attached hydrogens (tertiary/aromatic N) is 3. The van der Waals surface area contributed by atoms with Crippen LogP contribution in [0.4, 0.5) is 0 Å². The molecule has 2 N–H and O–H groups in total. The first-order chi connectivity index (χ1) is 11.1. The van der Waals surface area contributed by atoms with Crippen LogP contribution in [0, 0.1) is 5.92 Å². The first-order valence-electron chi connectivity index (χ1n) is 7.64. The van der Waals surface area contributed by atoms with E-state index in [2.05, 4.69) is 10.4 Å². The Morgan fingerprint density at radius 1 is 1.48 bits per heavy atom. The molecule has 1 atom stereocenters. The van der Waals surface area contributed by atoms with Crippen LogP contribution in [0.2, 0.25) is 0 Å². The van der Waals surface area contributed by atoms with E-state index in [1.165, 1.54) is 0 Å². The topological polar surface area (TPSA) is 71.6 Å². The van der Waals surface area contributed by atoms with Gasteiger partial charge in [-0.15, -0.1) is 11.3 Å². The number of carbonyl (C=O) groups is 1. The highest BCUT2D eigenvalue weighted by atomic mass is 32.1. The molecule has 7 heteroatoms. The predicted octanol–water partition coefficient (Wildman–Crippen LogP) is 1.98. The summed E-state index contributed by atoms with van der Waals surface area (Å²) >= 11 is 1.64. The number of hydrogen-bond acceptors (Lipinski definition) is 4. The number of amides is 1. The Balaban J connectivity index is 1.61. The van der Waals surface area contributed by atoms with Gasteiger partial charge in [0, 0.05) is 24.3 Å². The molecule has 120 valence electrons. The lowest BCUT2D eigenvalue weighted by Gasteiger charge is -2.37. The van der Waals surface area contributed by atoms with Crippen LogP contribution in [0.25, 0.3) is 5.65 Å². The lowest BCUT2D eigenvalue weighted by Crippen LogP contribution is -2.41. The molecule has 1 fully saturated rings. The minimum atomic E-state index is -0.241. The Labute approximate surface area is 137 Å². The summed E-state index contributed by atoms with van der Waals surface area (Å²) in [7, 11) is 1.90. The van der Waals surface area contributed by atoms with E-state index in [-0.39, 0.29) is 24.0 Å². The first-order valence-corrected chi connectivity index (χ1v) is 8.52. The first kappa shape index (κ1) is 14.5. The molecular formula is C16H18N4O2S. The third-order valence-electron chi connectivity index (χ3n) is 4.54. The molecule has 23 heavy (non-hydrogen) atoms. The molecule has 0 saturated heterocycles. The number of aryl methyl sites for hydroxylation is 1. The van der Waals surface area contributed by atoms with Crippen molar-refractivity contribution in [2.75, 3.05) is 0 Å². The summed E-state index contributed by atoms with van der Waals surface area (Å²) in [5, 5.41) is 19.0. The number of fused-ring (bicyclic) bond motifs is 1. The number of thiophene rings is 1. The molecule has 0 aliphatic heterocycles. The van der Waals surface area contributed by atoms with Crippen molar-refractivity contribution in [1.82, 2.24) is 19.5 Å². The number of aliphatic hydroxyl groups excluding tert-OH is 1. The van der Waals surface area contributed by atoms with Crippen LogP contribution in [0.5, 0.6) is 0 Å². The molecule has 1 aliphatic rings.